The van der Waals surface area contributed by atoms with Gasteiger partial charge in [0, 0.05) is 12.6 Å². The standard InChI is InChI=1S/C14H20N2O/c1-10(9-15)16-14(17)8-11-5-6-12-3-2-4-13(12)7-11/h5-7,10H,2-4,8-9,15H2,1H3,(H,16,17)/t10-/m0/s1. The van der Waals surface area contributed by atoms with Crippen molar-refractivity contribution in [3.05, 3.63) is 34.9 Å². The molecular weight excluding hydrogens is 212 g/mol. The minimum absolute atomic E-state index is 0.0527. The number of hydrogen-bond acceptors (Lipinski definition) is 2. The zero-order chi connectivity index (χ0) is 12.3. The molecule has 0 radical (unpaired) electrons. The number of aryl methyl sites for hydroxylation is 2. The molecule has 0 aliphatic heterocycles. The first kappa shape index (κ1) is 12.1. The van der Waals surface area contributed by atoms with Gasteiger partial charge in [-0.1, -0.05) is 18.2 Å². The molecule has 0 unspecified atom stereocenters. The Hall–Kier alpha value is -1.35. The summed E-state index contributed by atoms with van der Waals surface area (Å²) in [6, 6.07) is 6.46. The fraction of sp³-hybridized carbons (Fsp3) is 0.500. The van der Waals surface area contributed by atoms with Crippen molar-refractivity contribution in [3.63, 3.8) is 0 Å². The molecule has 1 aromatic rings. The molecule has 0 saturated heterocycles. The number of nitrogens with two attached hydrogens (primary N) is 1. The van der Waals surface area contributed by atoms with Crippen LogP contribution in [-0.2, 0) is 24.1 Å². The van der Waals surface area contributed by atoms with Gasteiger partial charge in [0.15, 0.2) is 0 Å². The maximum absolute atomic E-state index is 11.7. The quantitative estimate of drug-likeness (QED) is 0.819. The van der Waals surface area contributed by atoms with Gasteiger partial charge >= 0.3 is 0 Å². The second-order valence-corrected chi connectivity index (χ2v) is 4.84. The molecule has 1 aliphatic carbocycles. The van der Waals surface area contributed by atoms with Crippen LogP contribution in [0.2, 0.25) is 0 Å². The van der Waals surface area contributed by atoms with E-state index in [0.29, 0.717) is 13.0 Å². The molecule has 0 spiro atoms. The average molecular weight is 232 g/mol. The molecule has 1 atom stereocenters. The molecule has 17 heavy (non-hydrogen) atoms. The van der Waals surface area contributed by atoms with Gasteiger partial charge < -0.3 is 11.1 Å². The molecule has 2 rings (SSSR count). The van der Waals surface area contributed by atoms with Crippen LogP contribution in [0.5, 0.6) is 0 Å². The normalized spacial score (nSPS) is 15.4. The van der Waals surface area contributed by atoms with Crippen molar-refractivity contribution in [1.82, 2.24) is 5.32 Å². The van der Waals surface area contributed by atoms with Crippen LogP contribution in [0, 0.1) is 0 Å². The third kappa shape index (κ3) is 3.07. The van der Waals surface area contributed by atoms with Crippen molar-refractivity contribution in [2.45, 2.75) is 38.6 Å². The Morgan fingerprint density at radius 1 is 1.41 bits per heavy atom. The summed E-state index contributed by atoms with van der Waals surface area (Å²) >= 11 is 0. The van der Waals surface area contributed by atoms with Crippen LogP contribution in [0.3, 0.4) is 0 Å². The summed E-state index contributed by atoms with van der Waals surface area (Å²) in [4.78, 5) is 11.7. The molecule has 0 aromatic heterocycles. The number of fused-ring (bicyclic) bond motifs is 1. The number of carbonyl (C=O) groups excluding carboxylic acids is 1. The summed E-state index contributed by atoms with van der Waals surface area (Å²) in [5.74, 6) is 0.0564. The lowest BCUT2D eigenvalue weighted by molar-refractivity contribution is -0.120. The van der Waals surface area contributed by atoms with Crippen LogP contribution in [0.25, 0.3) is 0 Å². The van der Waals surface area contributed by atoms with E-state index in [1.165, 1.54) is 24.0 Å². The highest BCUT2D eigenvalue weighted by atomic mass is 16.1. The second-order valence-electron chi connectivity index (χ2n) is 4.84. The summed E-state index contributed by atoms with van der Waals surface area (Å²) in [5, 5.41) is 2.88. The van der Waals surface area contributed by atoms with Crippen LogP contribution in [0.4, 0.5) is 0 Å². The average Bonchev–Trinajstić information content (AvgIpc) is 2.75. The van der Waals surface area contributed by atoms with E-state index in [9.17, 15) is 4.79 Å². The molecule has 3 heteroatoms. The van der Waals surface area contributed by atoms with E-state index >= 15 is 0 Å². The van der Waals surface area contributed by atoms with Crippen molar-refractivity contribution in [3.8, 4) is 0 Å². The molecule has 1 amide bonds. The summed E-state index contributed by atoms with van der Waals surface area (Å²) < 4.78 is 0. The van der Waals surface area contributed by atoms with E-state index in [1.807, 2.05) is 6.92 Å². The lowest BCUT2D eigenvalue weighted by Gasteiger charge is -2.11. The molecule has 92 valence electrons. The Kier molecular flexibility index (Phi) is 3.79. The van der Waals surface area contributed by atoms with Crippen molar-refractivity contribution in [2.24, 2.45) is 5.73 Å². The lowest BCUT2D eigenvalue weighted by Crippen LogP contribution is -2.38. The molecule has 0 fully saturated rings. The predicted molar refractivity (Wildman–Crippen MR) is 68.8 cm³/mol. The lowest BCUT2D eigenvalue weighted by atomic mass is 10.0. The molecule has 0 bridgehead atoms. The highest BCUT2D eigenvalue weighted by Gasteiger charge is 2.12. The molecule has 3 N–H and O–H groups in total. The van der Waals surface area contributed by atoms with Gasteiger partial charge in [-0.25, -0.2) is 0 Å². The van der Waals surface area contributed by atoms with Gasteiger partial charge in [-0.05, 0) is 42.9 Å². The highest BCUT2D eigenvalue weighted by molar-refractivity contribution is 5.78. The maximum atomic E-state index is 11.7. The third-order valence-electron chi connectivity index (χ3n) is 3.29. The van der Waals surface area contributed by atoms with Crippen molar-refractivity contribution < 1.29 is 4.79 Å². The molecule has 0 heterocycles. The fourth-order valence-corrected chi connectivity index (χ4v) is 2.31. The van der Waals surface area contributed by atoms with Crippen molar-refractivity contribution in [2.75, 3.05) is 6.54 Å². The monoisotopic (exact) mass is 232 g/mol. The Labute approximate surface area is 102 Å². The highest BCUT2D eigenvalue weighted by Crippen LogP contribution is 2.22. The second kappa shape index (κ2) is 5.32. The Bertz CT molecular complexity index is 415. The van der Waals surface area contributed by atoms with Gasteiger partial charge in [0.05, 0.1) is 6.42 Å². The van der Waals surface area contributed by atoms with Crippen molar-refractivity contribution >= 4 is 5.91 Å². The number of hydrogen-bond donors (Lipinski definition) is 2. The van der Waals surface area contributed by atoms with Gasteiger partial charge in [-0.3, -0.25) is 4.79 Å². The smallest absolute Gasteiger partial charge is 0.224 e. The van der Waals surface area contributed by atoms with Crippen molar-refractivity contribution in [1.29, 1.82) is 0 Å². The molecule has 1 aromatic carbocycles. The summed E-state index contributed by atoms with van der Waals surface area (Å²) in [7, 11) is 0. The predicted octanol–water partition coefficient (Wildman–Crippen LogP) is 1.18. The number of nitrogens with one attached hydrogen (secondary N) is 1. The van der Waals surface area contributed by atoms with Gasteiger partial charge in [0.1, 0.15) is 0 Å². The summed E-state index contributed by atoms with van der Waals surface area (Å²) in [5.41, 5.74) is 9.44. The SMILES string of the molecule is C[C@@H](CN)NC(=O)Cc1ccc2c(c1)CCC2. The first-order valence-electron chi connectivity index (χ1n) is 6.29. The van der Waals surface area contributed by atoms with E-state index in [0.717, 1.165) is 12.0 Å². The number of benzene rings is 1. The topological polar surface area (TPSA) is 55.1 Å². The van der Waals surface area contributed by atoms with Crippen LogP contribution in [0.1, 0.15) is 30.0 Å². The maximum Gasteiger partial charge on any atom is 0.224 e. The van der Waals surface area contributed by atoms with Gasteiger partial charge in [-0.2, -0.15) is 0 Å². The van der Waals surface area contributed by atoms with E-state index in [1.54, 1.807) is 0 Å². The van der Waals surface area contributed by atoms with Crippen LogP contribution in [0.15, 0.2) is 18.2 Å². The summed E-state index contributed by atoms with van der Waals surface area (Å²) in [6.07, 6.45) is 4.04. The first-order chi connectivity index (χ1) is 8.19. The van der Waals surface area contributed by atoms with Gasteiger partial charge in [0.25, 0.3) is 0 Å². The van der Waals surface area contributed by atoms with Gasteiger partial charge in [0.2, 0.25) is 5.91 Å². The molecule has 0 saturated carbocycles. The third-order valence-corrected chi connectivity index (χ3v) is 3.29. The number of amides is 1. The Balaban J connectivity index is 1.97. The zero-order valence-corrected chi connectivity index (χ0v) is 10.3. The van der Waals surface area contributed by atoms with E-state index in [-0.39, 0.29) is 11.9 Å². The number of carbonyl (C=O) groups is 1. The largest absolute Gasteiger partial charge is 0.352 e. The molecule has 3 nitrogen and oxygen atoms in total. The fourth-order valence-electron chi connectivity index (χ4n) is 2.31. The first-order valence-corrected chi connectivity index (χ1v) is 6.29. The minimum Gasteiger partial charge on any atom is -0.352 e. The molecular formula is C14H20N2O. The van der Waals surface area contributed by atoms with E-state index in [2.05, 4.69) is 23.5 Å². The molecule has 1 aliphatic rings. The Morgan fingerprint density at radius 3 is 2.94 bits per heavy atom. The van der Waals surface area contributed by atoms with Gasteiger partial charge in [-0.15, -0.1) is 0 Å². The van der Waals surface area contributed by atoms with E-state index < -0.39 is 0 Å². The Morgan fingerprint density at radius 2 is 2.18 bits per heavy atom. The zero-order valence-electron chi connectivity index (χ0n) is 10.3. The van der Waals surface area contributed by atoms with Crippen LogP contribution >= 0.6 is 0 Å². The number of rotatable bonds is 4. The van der Waals surface area contributed by atoms with E-state index in [4.69, 9.17) is 5.73 Å². The van der Waals surface area contributed by atoms with Crippen LogP contribution < -0.4 is 11.1 Å². The minimum atomic E-state index is 0.0527. The van der Waals surface area contributed by atoms with Crippen LogP contribution in [-0.4, -0.2) is 18.5 Å². The summed E-state index contributed by atoms with van der Waals surface area (Å²) in [6.45, 7) is 2.40.